The van der Waals surface area contributed by atoms with Gasteiger partial charge >= 0.3 is 0 Å². The predicted molar refractivity (Wildman–Crippen MR) is 46.0 cm³/mol. The van der Waals surface area contributed by atoms with Crippen LogP contribution in [0.1, 0.15) is 19.5 Å². The summed E-state index contributed by atoms with van der Waals surface area (Å²) in [6.45, 7) is 5.38. The van der Waals surface area contributed by atoms with Crippen LogP contribution in [0.25, 0.3) is 0 Å². The first-order valence-electron chi connectivity index (χ1n) is 4.06. The average Bonchev–Trinajstić information content (AvgIpc) is 2.35. The fourth-order valence-corrected chi connectivity index (χ4v) is 1.29. The molecule has 70 valence electrons. The molecule has 0 spiro atoms. The van der Waals surface area contributed by atoms with E-state index in [-0.39, 0.29) is 5.75 Å². The number of nitrogens with zero attached hydrogens (tertiary/aromatic N) is 1. The molecule has 0 atom stereocenters. The maximum Gasteiger partial charge on any atom is 0.246 e. The van der Waals surface area contributed by atoms with Crippen molar-refractivity contribution in [2.45, 2.75) is 26.6 Å². The molecule has 1 aliphatic heterocycles. The topological polar surface area (TPSA) is 51.6 Å². The molecule has 0 unspecified atom stereocenters. The molecule has 1 aromatic rings. The molecule has 2 heterocycles. The van der Waals surface area contributed by atoms with Gasteiger partial charge in [0.25, 0.3) is 0 Å². The highest BCUT2D eigenvalue weighted by atomic mass is 16.7. The van der Waals surface area contributed by atoms with Gasteiger partial charge in [-0.3, -0.25) is 4.98 Å². The monoisotopic (exact) mass is 181 g/mol. The van der Waals surface area contributed by atoms with Crippen LogP contribution in [-0.4, -0.2) is 15.9 Å². The van der Waals surface area contributed by atoms with Gasteiger partial charge in [0.1, 0.15) is 0 Å². The van der Waals surface area contributed by atoms with Crippen LogP contribution in [0.15, 0.2) is 6.20 Å². The van der Waals surface area contributed by atoms with E-state index in [0.29, 0.717) is 11.5 Å². The summed E-state index contributed by atoms with van der Waals surface area (Å²) >= 11 is 0. The van der Waals surface area contributed by atoms with Gasteiger partial charge in [-0.25, -0.2) is 0 Å². The van der Waals surface area contributed by atoms with Gasteiger partial charge < -0.3 is 14.6 Å². The number of ether oxygens (including phenoxy) is 2. The number of aromatic hydroxyl groups is 1. The lowest BCUT2D eigenvalue weighted by atomic mass is 10.3. The predicted octanol–water partition coefficient (Wildman–Crippen LogP) is 1.60. The van der Waals surface area contributed by atoms with Crippen LogP contribution in [0.2, 0.25) is 0 Å². The smallest absolute Gasteiger partial charge is 0.246 e. The molecule has 4 heteroatoms. The number of aryl methyl sites for hydroxylation is 1. The van der Waals surface area contributed by atoms with E-state index in [4.69, 9.17) is 9.47 Å². The Morgan fingerprint density at radius 2 is 1.92 bits per heavy atom. The molecule has 0 saturated carbocycles. The second kappa shape index (κ2) is 2.28. The summed E-state index contributed by atoms with van der Waals surface area (Å²) in [6, 6.07) is 0. The average molecular weight is 181 g/mol. The lowest BCUT2D eigenvalue weighted by molar-refractivity contribution is -0.0442. The highest BCUT2D eigenvalue weighted by Crippen LogP contribution is 2.46. The van der Waals surface area contributed by atoms with Gasteiger partial charge in [-0.2, -0.15) is 0 Å². The van der Waals surface area contributed by atoms with Crippen molar-refractivity contribution in [3.8, 4) is 17.2 Å². The van der Waals surface area contributed by atoms with Crippen molar-refractivity contribution in [3.05, 3.63) is 11.9 Å². The largest absolute Gasteiger partial charge is 0.503 e. The zero-order chi connectivity index (χ0) is 9.64. The number of hydrogen-bond acceptors (Lipinski definition) is 4. The van der Waals surface area contributed by atoms with Crippen molar-refractivity contribution in [1.29, 1.82) is 0 Å². The van der Waals surface area contributed by atoms with Crippen LogP contribution in [0.3, 0.4) is 0 Å². The maximum absolute atomic E-state index is 9.42. The summed E-state index contributed by atoms with van der Waals surface area (Å²) in [5, 5.41) is 9.42. The number of fused-ring (bicyclic) bond motifs is 1. The first kappa shape index (κ1) is 8.16. The number of hydrogen-bond donors (Lipinski definition) is 1. The third kappa shape index (κ3) is 1.18. The van der Waals surface area contributed by atoms with E-state index in [1.54, 1.807) is 13.8 Å². The van der Waals surface area contributed by atoms with E-state index in [2.05, 4.69) is 4.98 Å². The number of pyridine rings is 1. The molecular weight excluding hydrogens is 170 g/mol. The Morgan fingerprint density at radius 1 is 1.31 bits per heavy atom. The first-order valence-corrected chi connectivity index (χ1v) is 4.06. The minimum absolute atomic E-state index is 0.0196. The lowest BCUT2D eigenvalue weighted by Crippen LogP contribution is -2.29. The van der Waals surface area contributed by atoms with Crippen molar-refractivity contribution in [3.63, 3.8) is 0 Å². The zero-order valence-electron chi connectivity index (χ0n) is 7.79. The second-order valence-electron chi connectivity index (χ2n) is 3.49. The Morgan fingerprint density at radius 3 is 2.54 bits per heavy atom. The number of aromatic nitrogens is 1. The summed E-state index contributed by atoms with van der Waals surface area (Å²) < 4.78 is 10.9. The third-order valence-corrected chi connectivity index (χ3v) is 1.84. The Kier molecular flexibility index (Phi) is 1.43. The summed E-state index contributed by atoms with van der Waals surface area (Å²) in [5.41, 5.74) is 0.721. The van der Waals surface area contributed by atoms with Crippen LogP contribution >= 0.6 is 0 Å². The molecule has 0 amide bonds. The zero-order valence-corrected chi connectivity index (χ0v) is 7.79. The molecule has 2 rings (SSSR count). The molecule has 0 aliphatic carbocycles. The van der Waals surface area contributed by atoms with Gasteiger partial charge in [0.05, 0.1) is 11.9 Å². The standard InChI is InChI=1S/C9H11NO3/c1-5-7-8(6(11)4-10-5)13-9(2,3)12-7/h4,11H,1-3H3. The minimum atomic E-state index is -0.715. The van der Waals surface area contributed by atoms with Crippen LogP contribution in [0, 0.1) is 6.92 Å². The summed E-state index contributed by atoms with van der Waals surface area (Å²) in [7, 11) is 0. The van der Waals surface area contributed by atoms with Crippen LogP contribution in [0.4, 0.5) is 0 Å². The van der Waals surface area contributed by atoms with Crippen molar-refractivity contribution >= 4 is 0 Å². The van der Waals surface area contributed by atoms with E-state index in [9.17, 15) is 5.11 Å². The SMILES string of the molecule is Cc1ncc(O)c2c1OC(C)(C)O2. The Balaban J connectivity index is 2.56. The van der Waals surface area contributed by atoms with E-state index < -0.39 is 5.79 Å². The van der Waals surface area contributed by atoms with Crippen molar-refractivity contribution < 1.29 is 14.6 Å². The van der Waals surface area contributed by atoms with Gasteiger partial charge in [-0.05, 0) is 6.92 Å². The molecular formula is C9H11NO3. The fraction of sp³-hybridized carbons (Fsp3) is 0.444. The van der Waals surface area contributed by atoms with Crippen molar-refractivity contribution in [2.75, 3.05) is 0 Å². The van der Waals surface area contributed by atoms with Gasteiger partial charge in [0, 0.05) is 13.8 Å². The van der Waals surface area contributed by atoms with Crippen molar-refractivity contribution in [1.82, 2.24) is 4.98 Å². The minimum Gasteiger partial charge on any atom is -0.503 e. The van der Waals surface area contributed by atoms with E-state index in [1.165, 1.54) is 6.20 Å². The number of rotatable bonds is 0. The Hall–Kier alpha value is -1.45. The highest BCUT2D eigenvalue weighted by Gasteiger charge is 2.35. The molecule has 0 aromatic carbocycles. The second-order valence-corrected chi connectivity index (χ2v) is 3.49. The van der Waals surface area contributed by atoms with Crippen molar-refractivity contribution in [2.24, 2.45) is 0 Å². The fourth-order valence-electron chi connectivity index (χ4n) is 1.29. The van der Waals surface area contributed by atoms with Gasteiger partial charge in [-0.1, -0.05) is 0 Å². The van der Waals surface area contributed by atoms with E-state index >= 15 is 0 Å². The maximum atomic E-state index is 9.42. The molecule has 0 radical (unpaired) electrons. The molecule has 4 nitrogen and oxygen atoms in total. The molecule has 1 N–H and O–H groups in total. The summed E-state index contributed by atoms with van der Waals surface area (Å²) in [6.07, 6.45) is 1.36. The van der Waals surface area contributed by atoms with Gasteiger partial charge in [0.2, 0.25) is 11.5 Å². The van der Waals surface area contributed by atoms with Crippen LogP contribution in [0.5, 0.6) is 17.2 Å². The van der Waals surface area contributed by atoms with Gasteiger partial charge in [0.15, 0.2) is 11.5 Å². The highest BCUT2D eigenvalue weighted by molar-refractivity contribution is 5.53. The van der Waals surface area contributed by atoms with Gasteiger partial charge in [-0.15, -0.1) is 0 Å². The van der Waals surface area contributed by atoms with Crippen LogP contribution in [-0.2, 0) is 0 Å². The Bertz CT molecular complexity index is 327. The third-order valence-electron chi connectivity index (χ3n) is 1.84. The molecule has 0 fully saturated rings. The Labute approximate surface area is 76.1 Å². The quantitative estimate of drug-likeness (QED) is 0.660. The summed E-state index contributed by atoms with van der Waals surface area (Å²) in [4.78, 5) is 3.96. The molecule has 0 bridgehead atoms. The molecule has 1 aromatic heterocycles. The lowest BCUT2D eigenvalue weighted by Gasteiger charge is -2.16. The van der Waals surface area contributed by atoms with E-state index in [0.717, 1.165) is 5.69 Å². The summed E-state index contributed by atoms with van der Waals surface area (Å²) in [5.74, 6) is 0.224. The van der Waals surface area contributed by atoms with E-state index in [1.807, 2.05) is 6.92 Å². The molecule has 1 aliphatic rings. The normalized spacial score (nSPS) is 17.5. The molecule has 0 saturated heterocycles. The first-order chi connectivity index (χ1) is 5.99. The van der Waals surface area contributed by atoms with Crippen LogP contribution < -0.4 is 9.47 Å². The molecule has 13 heavy (non-hydrogen) atoms.